The number of hydrogen-bond donors (Lipinski definition) is 2. The number of alkyl halides is 3. The van der Waals surface area contributed by atoms with E-state index in [0.29, 0.717) is 11.3 Å². The van der Waals surface area contributed by atoms with Gasteiger partial charge in [-0.3, -0.25) is 4.79 Å². The molecule has 0 spiro atoms. The number of ether oxygens (including phenoxy) is 1. The average molecular weight is 390 g/mol. The summed E-state index contributed by atoms with van der Waals surface area (Å²) < 4.78 is 41.0. The third-order valence-electron chi connectivity index (χ3n) is 3.36. The van der Waals surface area contributed by atoms with E-state index in [4.69, 9.17) is 23.2 Å². The van der Waals surface area contributed by atoms with Crippen LogP contribution in [0.3, 0.4) is 0 Å². The first kappa shape index (κ1) is 17.4. The van der Waals surface area contributed by atoms with Gasteiger partial charge in [-0.1, -0.05) is 23.2 Å². The van der Waals surface area contributed by atoms with Gasteiger partial charge in [-0.2, -0.15) is 0 Å². The van der Waals surface area contributed by atoms with E-state index in [9.17, 15) is 23.1 Å². The minimum absolute atomic E-state index is 0.0212. The van der Waals surface area contributed by atoms with Gasteiger partial charge in [0.15, 0.2) is 5.75 Å². The van der Waals surface area contributed by atoms with Crippen LogP contribution in [0.2, 0.25) is 10.0 Å². The molecule has 130 valence electrons. The highest BCUT2D eigenvalue weighted by Gasteiger charge is 2.32. The van der Waals surface area contributed by atoms with Crippen LogP contribution < -0.4 is 10.1 Å². The molecular formula is C16H8Cl2F3NO3. The van der Waals surface area contributed by atoms with Crippen LogP contribution in [0.25, 0.3) is 11.6 Å². The van der Waals surface area contributed by atoms with Crippen molar-refractivity contribution in [3.63, 3.8) is 0 Å². The number of phenols is 1. The van der Waals surface area contributed by atoms with E-state index in [2.05, 4.69) is 10.1 Å². The van der Waals surface area contributed by atoms with Gasteiger partial charge in [0, 0.05) is 16.8 Å². The lowest BCUT2D eigenvalue weighted by Gasteiger charge is -2.10. The molecule has 2 aromatic rings. The van der Waals surface area contributed by atoms with E-state index in [-0.39, 0.29) is 26.9 Å². The monoisotopic (exact) mass is 389 g/mol. The van der Waals surface area contributed by atoms with Crippen molar-refractivity contribution in [1.29, 1.82) is 0 Å². The third kappa shape index (κ3) is 3.67. The molecule has 0 fully saturated rings. The molecular weight excluding hydrogens is 382 g/mol. The molecule has 1 aliphatic heterocycles. The number of phenolic OH excluding ortho intramolecular Hbond substituents is 1. The smallest absolute Gasteiger partial charge is 0.505 e. The van der Waals surface area contributed by atoms with Crippen molar-refractivity contribution < 1.29 is 27.8 Å². The van der Waals surface area contributed by atoms with Crippen LogP contribution in [0.1, 0.15) is 11.1 Å². The van der Waals surface area contributed by atoms with Crippen molar-refractivity contribution in [3.05, 3.63) is 51.5 Å². The molecule has 2 N–H and O–H groups in total. The minimum atomic E-state index is -4.84. The molecule has 0 saturated carbocycles. The lowest BCUT2D eigenvalue weighted by Crippen LogP contribution is -2.17. The summed E-state index contributed by atoms with van der Waals surface area (Å²) in [6.07, 6.45) is -3.44. The van der Waals surface area contributed by atoms with E-state index in [1.54, 1.807) is 0 Å². The Bertz CT molecular complexity index is 887. The quantitative estimate of drug-likeness (QED) is 0.703. The summed E-state index contributed by atoms with van der Waals surface area (Å²) in [5.41, 5.74) is 1.10. The second kappa shape index (κ2) is 6.16. The van der Waals surface area contributed by atoms with Gasteiger partial charge in [0.1, 0.15) is 5.75 Å². The van der Waals surface area contributed by atoms with Crippen molar-refractivity contribution in [3.8, 4) is 11.5 Å². The van der Waals surface area contributed by atoms with Crippen LogP contribution in [-0.2, 0) is 4.79 Å². The van der Waals surface area contributed by atoms with Crippen molar-refractivity contribution >= 4 is 46.4 Å². The number of benzene rings is 2. The Balaban J connectivity index is 2.05. The van der Waals surface area contributed by atoms with Gasteiger partial charge in [-0.25, -0.2) is 0 Å². The maximum absolute atomic E-state index is 12.4. The van der Waals surface area contributed by atoms with E-state index in [1.807, 2.05) is 0 Å². The molecule has 0 saturated heterocycles. The van der Waals surface area contributed by atoms with Gasteiger partial charge >= 0.3 is 6.36 Å². The number of nitrogens with one attached hydrogen (secondary N) is 1. The highest BCUT2D eigenvalue weighted by Crippen LogP contribution is 2.38. The SMILES string of the molecule is O=C1Nc2ccc(OC(F)(F)F)cc2/C1=C/c1cc(Cl)c(O)c(Cl)c1. The Morgan fingerprint density at radius 2 is 1.76 bits per heavy atom. The minimum Gasteiger partial charge on any atom is -0.505 e. The molecule has 3 rings (SSSR count). The van der Waals surface area contributed by atoms with Gasteiger partial charge in [0.25, 0.3) is 5.91 Å². The summed E-state index contributed by atoms with van der Waals surface area (Å²) in [5.74, 6) is -1.25. The Hall–Kier alpha value is -2.38. The van der Waals surface area contributed by atoms with Gasteiger partial charge in [-0.05, 0) is 42.0 Å². The fourth-order valence-electron chi connectivity index (χ4n) is 2.34. The second-order valence-corrected chi connectivity index (χ2v) is 5.91. The molecule has 4 nitrogen and oxygen atoms in total. The lowest BCUT2D eigenvalue weighted by atomic mass is 10.0. The van der Waals surface area contributed by atoms with Crippen molar-refractivity contribution in [2.45, 2.75) is 6.36 Å². The summed E-state index contributed by atoms with van der Waals surface area (Å²) in [5, 5.41) is 12.1. The standard InChI is InChI=1S/C16H8Cl2F3NO3/c17-11-4-7(5-12(18)14(11)23)3-10-9-6-8(25-16(19,20)21)1-2-13(9)22-15(10)24/h1-6,23H,(H,22,24)/b10-3-. The molecule has 0 atom stereocenters. The van der Waals surface area contributed by atoms with Crippen LogP contribution in [0.5, 0.6) is 11.5 Å². The Kier molecular flexibility index (Phi) is 4.30. The van der Waals surface area contributed by atoms with Crippen LogP contribution in [-0.4, -0.2) is 17.4 Å². The maximum Gasteiger partial charge on any atom is 0.573 e. The Morgan fingerprint density at radius 3 is 2.36 bits per heavy atom. The Morgan fingerprint density at radius 1 is 1.12 bits per heavy atom. The molecule has 25 heavy (non-hydrogen) atoms. The maximum atomic E-state index is 12.4. The van der Waals surface area contributed by atoms with Crippen molar-refractivity contribution in [1.82, 2.24) is 0 Å². The summed E-state index contributed by atoms with van der Waals surface area (Å²) in [6.45, 7) is 0. The number of rotatable bonds is 2. The molecule has 1 aliphatic rings. The molecule has 0 bridgehead atoms. The van der Waals surface area contributed by atoms with E-state index in [1.165, 1.54) is 24.3 Å². The number of hydrogen-bond acceptors (Lipinski definition) is 3. The van der Waals surface area contributed by atoms with Crippen LogP contribution in [0.4, 0.5) is 18.9 Å². The van der Waals surface area contributed by atoms with Crippen molar-refractivity contribution in [2.75, 3.05) is 5.32 Å². The fraction of sp³-hybridized carbons (Fsp3) is 0.0625. The van der Waals surface area contributed by atoms with Gasteiger partial charge < -0.3 is 15.2 Å². The number of aromatic hydroxyl groups is 1. The highest BCUT2D eigenvalue weighted by molar-refractivity contribution is 6.38. The van der Waals surface area contributed by atoms with E-state index in [0.717, 1.165) is 12.1 Å². The van der Waals surface area contributed by atoms with E-state index >= 15 is 0 Å². The number of halogens is 5. The van der Waals surface area contributed by atoms with Crippen LogP contribution in [0, 0.1) is 0 Å². The summed E-state index contributed by atoms with van der Waals surface area (Å²) >= 11 is 11.7. The predicted octanol–water partition coefficient (Wildman–Crippen LogP) is 5.09. The van der Waals surface area contributed by atoms with E-state index < -0.39 is 18.0 Å². The van der Waals surface area contributed by atoms with Crippen LogP contribution in [0.15, 0.2) is 30.3 Å². The number of fused-ring (bicyclic) bond motifs is 1. The molecule has 2 aromatic carbocycles. The first-order valence-electron chi connectivity index (χ1n) is 6.75. The summed E-state index contributed by atoms with van der Waals surface area (Å²) in [6, 6.07) is 6.26. The number of carbonyl (C=O) groups is 1. The van der Waals surface area contributed by atoms with Gasteiger partial charge in [0.2, 0.25) is 0 Å². The topological polar surface area (TPSA) is 58.6 Å². The normalized spacial score (nSPS) is 15.2. The largest absolute Gasteiger partial charge is 0.573 e. The zero-order valence-corrected chi connectivity index (χ0v) is 13.6. The zero-order valence-electron chi connectivity index (χ0n) is 12.1. The summed E-state index contributed by atoms with van der Waals surface area (Å²) in [4.78, 5) is 12.1. The molecule has 9 heteroatoms. The lowest BCUT2D eigenvalue weighted by molar-refractivity contribution is -0.274. The third-order valence-corrected chi connectivity index (χ3v) is 3.93. The number of carbonyl (C=O) groups excluding carboxylic acids is 1. The zero-order chi connectivity index (χ0) is 18.4. The second-order valence-electron chi connectivity index (χ2n) is 5.10. The first-order valence-corrected chi connectivity index (χ1v) is 7.51. The molecule has 0 radical (unpaired) electrons. The van der Waals surface area contributed by atoms with Gasteiger partial charge in [0.05, 0.1) is 10.0 Å². The Labute approximate surface area is 149 Å². The molecule has 0 aromatic heterocycles. The number of amides is 1. The molecule has 1 amide bonds. The summed E-state index contributed by atoms with van der Waals surface area (Å²) in [7, 11) is 0. The predicted molar refractivity (Wildman–Crippen MR) is 87.8 cm³/mol. The fourth-order valence-corrected chi connectivity index (χ4v) is 2.85. The number of anilines is 1. The van der Waals surface area contributed by atoms with Crippen molar-refractivity contribution in [2.24, 2.45) is 0 Å². The first-order chi connectivity index (χ1) is 11.6. The van der Waals surface area contributed by atoms with Gasteiger partial charge in [-0.15, -0.1) is 13.2 Å². The molecule has 1 heterocycles. The molecule has 0 unspecified atom stereocenters. The van der Waals surface area contributed by atoms with Crippen LogP contribution >= 0.6 is 23.2 Å². The molecule has 0 aliphatic carbocycles. The highest BCUT2D eigenvalue weighted by atomic mass is 35.5. The average Bonchev–Trinajstić information content (AvgIpc) is 2.79.